The first-order valence-electron chi connectivity index (χ1n) is 5.38. The molecule has 1 aromatic rings. The van der Waals surface area contributed by atoms with Crippen LogP contribution in [0.2, 0.25) is 0 Å². The van der Waals surface area contributed by atoms with E-state index in [9.17, 15) is 13.5 Å². The van der Waals surface area contributed by atoms with Crippen LogP contribution in [0.3, 0.4) is 0 Å². The molecule has 0 fully saturated rings. The zero-order chi connectivity index (χ0) is 13.3. The quantitative estimate of drug-likeness (QED) is 0.856. The first-order chi connectivity index (χ1) is 8.40. The second-order valence-electron chi connectivity index (χ2n) is 4.19. The van der Waals surface area contributed by atoms with Crippen molar-refractivity contribution in [2.24, 2.45) is 0 Å². The Morgan fingerprint density at radius 1 is 1.33 bits per heavy atom. The number of benzene rings is 1. The van der Waals surface area contributed by atoms with Crippen LogP contribution in [-0.2, 0) is 10.0 Å². The fourth-order valence-electron chi connectivity index (χ4n) is 1.57. The molecule has 1 aliphatic heterocycles. The van der Waals surface area contributed by atoms with Crippen LogP contribution in [-0.4, -0.2) is 44.5 Å². The van der Waals surface area contributed by atoms with Crippen LogP contribution in [0.25, 0.3) is 0 Å². The minimum atomic E-state index is -3.45. The number of hydrogen-bond acceptors (Lipinski definition) is 5. The number of sulfonamides is 1. The highest BCUT2D eigenvalue weighted by molar-refractivity contribution is 7.89. The summed E-state index contributed by atoms with van der Waals surface area (Å²) in [5.41, 5.74) is 0.490. The van der Waals surface area contributed by atoms with Crippen molar-refractivity contribution in [3.8, 4) is 11.5 Å². The van der Waals surface area contributed by atoms with Crippen molar-refractivity contribution < 1.29 is 23.0 Å². The van der Waals surface area contributed by atoms with E-state index in [-0.39, 0.29) is 12.5 Å². The number of fused-ring (bicyclic) bond motifs is 1. The lowest BCUT2D eigenvalue weighted by molar-refractivity contribution is 0.173. The fourth-order valence-corrected chi connectivity index (χ4v) is 2.45. The predicted molar refractivity (Wildman–Crippen MR) is 65.0 cm³/mol. The summed E-state index contributed by atoms with van der Waals surface area (Å²) >= 11 is 0. The molecule has 100 valence electrons. The van der Waals surface area contributed by atoms with Crippen LogP contribution in [0.5, 0.6) is 11.5 Å². The van der Waals surface area contributed by atoms with Gasteiger partial charge in [0.1, 0.15) is 0 Å². The Morgan fingerprint density at radius 2 is 2.00 bits per heavy atom. The van der Waals surface area contributed by atoms with Gasteiger partial charge in [-0.15, -0.1) is 0 Å². The maximum absolute atomic E-state index is 11.7. The van der Waals surface area contributed by atoms with Crippen LogP contribution < -0.4 is 9.47 Å². The average Bonchev–Trinajstić information content (AvgIpc) is 2.74. The molecule has 6 nitrogen and oxygen atoms in total. The van der Waals surface area contributed by atoms with Crippen LogP contribution in [0, 0.1) is 0 Å². The summed E-state index contributed by atoms with van der Waals surface area (Å²) < 4.78 is 34.7. The fraction of sp³-hybridized carbons (Fsp3) is 0.455. The van der Waals surface area contributed by atoms with Gasteiger partial charge in [-0.3, -0.25) is 0 Å². The van der Waals surface area contributed by atoms with E-state index in [0.29, 0.717) is 17.1 Å². The molecule has 0 saturated heterocycles. The highest BCUT2D eigenvalue weighted by Crippen LogP contribution is 2.34. The van der Waals surface area contributed by atoms with E-state index in [1.165, 1.54) is 14.1 Å². The van der Waals surface area contributed by atoms with Crippen molar-refractivity contribution in [1.82, 2.24) is 4.31 Å². The van der Waals surface area contributed by atoms with Gasteiger partial charge in [0.15, 0.2) is 11.5 Å². The Bertz CT molecular complexity index is 540. The van der Waals surface area contributed by atoms with Gasteiger partial charge >= 0.3 is 0 Å². The second-order valence-corrected chi connectivity index (χ2v) is 6.42. The van der Waals surface area contributed by atoms with E-state index < -0.39 is 16.1 Å². The molecule has 2 rings (SSSR count). The molecule has 0 bridgehead atoms. The minimum Gasteiger partial charge on any atom is -0.454 e. The Labute approximate surface area is 106 Å². The maximum Gasteiger partial charge on any atom is 0.231 e. The molecule has 1 unspecified atom stereocenters. The highest BCUT2D eigenvalue weighted by Gasteiger charge is 2.23. The van der Waals surface area contributed by atoms with Crippen molar-refractivity contribution in [3.05, 3.63) is 23.8 Å². The monoisotopic (exact) mass is 273 g/mol. The number of nitrogens with zero attached hydrogens (tertiary/aromatic N) is 1. The summed E-state index contributed by atoms with van der Waals surface area (Å²) in [6, 6.07) is 4.88. The standard InChI is InChI=1S/C11H15NO5S/c1-12(2)18(14,15)6-9(13)8-3-4-10-11(5-8)17-7-16-10/h3-5,9,13H,6-7H2,1-2H3. The molecule has 0 spiro atoms. The summed E-state index contributed by atoms with van der Waals surface area (Å²) in [5.74, 6) is 0.759. The van der Waals surface area contributed by atoms with E-state index in [0.717, 1.165) is 4.31 Å². The van der Waals surface area contributed by atoms with Crippen molar-refractivity contribution in [2.45, 2.75) is 6.10 Å². The number of ether oxygens (including phenoxy) is 2. The first kappa shape index (κ1) is 13.1. The van der Waals surface area contributed by atoms with Crippen LogP contribution in [0.15, 0.2) is 18.2 Å². The molecule has 0 saturated carbocycles. The van der Waals surface area contributed by atoms with E-state index in [2.05, 4.69) is 0 Å². The number of aliphatic hydroxyl groups excluding tert-OH is 1. The molecule has 1 aliphatic rings. The van der Waals surface area contributed by atoms with Gasteiger partial charge in [-0.2, -0.15) is 0 Å². The normalized spacial score (nSPS) is 16.0. The Morgan fingerprint density at radius 3 is 2.67 bits per heavy atom. The first-order valence-corrected chi connectivity index (χ1v) is 6.99. The van der Waals surface area contributed by atoms with Gasteiger partial charge in [-0.1, -0.05) is 6.07 Å². The summed E-state index contributed by atoms with van der Waals surface area (Å²) in [6.45, 7) is 0.144. The van der Waals surface area contributed by atoms with Crippen molar-refractivity contribution >= 4 is 10.0 Å². The third kappa shape index (κ3) is 2.58. The molecule has 7 heteroatoms. The van der Waals surface area contributed by atoms with Crippen molar-refractivity contribution in [1.29, 1.82) is 0 Å². The molecular weight excluding hydrogens is 258 g/mol. The summed E-state index contributed by atoms with van der Waals surface area (Å²) in [7, 11) is -0.584. The van der Waals surface area contributed by atoms with Gasteiger partial charge in [-0.05, 0) is 17.7 Å². The lowest BCUT2D eigenvalue weighted by Gasteiger charge is -2.15. The van der Waals surface area contributed by atoms with Crippen LogP contribution in [0.1, 0.15) is 11.7 Å². The number of hydrogen-bond donors (Lipinski definition) is 1. The Hall–Kier alpha value is -1.31. The van der Waals surface area contributed by atoms with Gasteiger partial charge in [-0.25, -0.2) is 12.7 Å². The zero-order valence-corrected chi connectivity index (χ0v) is 11.0. The smallest absolute Gasteiger partial charge is 0.231 e. The number of aliphatic hydroxyl groups is 1. The Kier molecular flexibility index (Phi) is 3.47. The van der Waals surface area contributed by atoms with E-state index >= 15 is 0 Å². The van der Waals surface area contributed by atoms with E-state index in [1.807, 2.05) is 0 Å². The molecule has 1 aromatic carbocycles. The third-order valence-electron chi connectivity index (χ3n) is 2.71. The molecular formula is C11H15NO5S. The van der Waals surface area contributed by atoms with Crippen molar-refractivity contribution in [2.75, 3.05) is 26.6 Å². The molecule has 1 N–H and O–H groups in total. The second kappa shape index (κ2) is 4.75. The van der Waals surface area contributed by atoms with Gasteiger partial charge in [0.25, 0.3) is 0 Å². The maximum atomic E-state index is 11.7. The largest absolute Gasteiger partial charge is 0.454 e. The van der Waals surface area contributed by atoms with Gasteiger partial charge in [0.05, 0.1) is 11.9 Å². The molecule has 1 atom stereocenters. The summed E-state index contributed by atoms with van der Waals surface area (Å²) in [6.07, 6.45) is -1.09. The van der Waals surface area contributed by atoms with Crippen LogP contribution >= 0.6 is 0 Å². The molecule has 0 aliphatic carbocycles. The molecule has 0 radical (unpaired) electrons. The SMILES string of the molecule is CN(C)S(=O)(=O)CC(O)c1ccc2c(c1)OCO2. The average molecular weight is 273 g/mol. The summed E-state index contributed by atoms with van der Waals surface area (Å²) in [4.78, 5) is 0. The lowest BCUT2D eigenvalue weighted by atomic mass is 10.1. The highest BCUT2D eigenvalue weighted by atomic mass is 32.2. The number of rotatable bonds is 4. The van der Waals surface area contributed by atoms with E-state index in [1.54, 1.807) is 18.2 Å². The Balaban J connectivity index is 2.17. The minimum absolute atomic E-state index is 0.144. The molecule has 18 heavy (non-hydrogen) atoms. The van der Waals surface area contributed by atoms with Gasteiger partial charge in [0.2, 0.25) is 16.8 Å². The molecule has 0 aromatic heterocycles. The van der Waals surface area contributed by atoms with Crippen LogP contribution in [0.4, 0.5) is 0 Å². The lowest BCUT2D eigenvalue weighted by Crippen LogP contribution is -2.28. The molecule has 0 amide bonds. The van der Waals surface area contributed by atoms with Crippen molar-refractivity contribution in [3.63, 3.8) is 0 Å². The van der Waals surface area contributed by atoms with Gasteiger partial charge in [0, 0.05) is 14.1 Å². The third-order valence-corrected chi connectivity index (χ3v) is 4.56. The topological polar surface area (TPSA) is 76.1 Å². The predicted octanol–water partition coefficient (Wildman–Crippen LogP) is 0.340. The zero-order valence-electron chi connectivity index (χ0n) is 10.2. The van der Waals surface area contributed by atoms with Gasteiger partial charge < -0.3 is 14.6 Å². The van der Waals surface area contributed by atoms with E-state index in [4.69, 9.17) is 9.47 Å². The molecule has 1 heterocycles. The summed E-state index contributed by atoms with van der Waals surface area (Å²) in [5, 5.41) is 9.93.